The van der Waals surface area contributed by atoms with Crippen molar-refractivity contribution in [3.63, 3.8) is 0 Å². The van der Waals surface area contributed by atoms with E-state index in [0.29, 0.717) is 136 Å². The van der Waals surface area contributed by atoms with E-state index in [4.69, 9.17) is 52.1 Å². The number of nitrogens with one attached hydrogen (secondary N) is 1. The predicted octanol–water partition coefficient (Wildman–Crippen LogP) is 9.58. The topological polar surface area (TPSA) is 177 Å². The summed E-state index contributed by atoms with van der Waals surface area (Å²) in [5.74, 6) is 0.907. The van der Waals surface area contributed by atoms with E-state index in [9.17, 15) is 8.42 Å². The Morgan fingerprint density at radius 1 is 0.506 bits per heavy atom. The molecule has 0 amide bonds. The van der Waals surface area contributed by atoms with Crippen molar-refractivity contribution in [2.75, 3.05) is 124 Å². The van der Waals surface area contributed by atoms with E-state index in [0.717, 1.165) is 53.3 Å². The summed E-state index contributed by atoms with van der Waals surface area (Å²) >= 11 is 0. The third-order valence-corrected chi connectivity index (χ3v) is 13.4. The van der Waals surface area contributed by atoms with Crippen molar-refractivity contribution in [1.82, 2.24) is 14.9 Å². The molecule has 0 bridgehead atoms. The smallest absolute Gasteiger partial charge is 0.261 e. The van der Waals surface area contributed by atoms with Crippen molar-refractivity contribution < 1.29 is 60.5 Å². The molecule has 0 aliphatic carbocycles. The number of rotatable bonds is 16. The van der Waals surface area contributed by atoms with Gasteiger partial charge in [-0.05, 0) is 76.3 Å². The largest absolute Gasteiger partial charge is 0.487 e. The van der Waals surface area contributed by atoms with Crippen molar-refractivity contribution in [1.29, 1.82) is 0 Å². The van der Waals surface area contributed by atoms with Crippen LogP contribution in [0.3, 0.4) is 0 Å². The number of hydrogen-bond donors (Lipinski definition) is 1. The molecule has 17 nitrogen and oxygen atoms in total. The zero-order chi connectivity index (χ0) is 56.8. The molecule has 1 saturated heterocycles. The van der Waals surface area contributed by atoms with Gasteiger partial charge in [-0.1, -0.05) is 111 Å². The number of hydrogen-bond acceptors (Lipinski definition) is 16. The first-order valence-electron chi connectivity index (χ1n) is 27.1. The minimum Gasteiger partial charge on any atom is -0.487 e. The maximum absolute atomic E-state index is 12.7. The fraction of sp³-hybridized carbons (Fsp3) is 0.365. The van der Waals surface area contributed by atoms with Crippen molar-refractivity contribution in [3.05, 3.63) is 199 Å². The summed E-state index contributed by atoms with van der Waals surface area (Å²) in [6.45, 7) is 22.8. The lowest BCUT2D eigenvalue weighted by Gasteiger charge is -2.22. The lowest BCUT2D eigenvalue weighted by atomic mass is 10.1. The van der Waals surface area contributed by atoms with Crippen LogP contribution in [0.1, 0.15) is 39.2 Å². The zero-order valence-corrected chi connectivity index (χ0v) is 47.1. The van der Waals surface area contributed by atoms with E-state index in [-0.39, 0.29) is 17.6 Å². The number of pyridine rings is 2. The van der Waals surface area contributed by atoms with Gasteiger partial charge in [0, 0.05) is 38.1 Å². The number of fused-ring (bicyclic) bond motifs is 1. The molecule has 4 heterocycles. The first-order valence-corrected chi connectivity index (χ1v) is 28.6. The van der Waals surface area contributed by atoms with Gasteiger partial charge >= 0.3 is 0 Å². The number of nitrogens with zero attached hydrogens (tertiary/aromatic N) is 3. The van der Waals surface area contributed by atoms with Crippen LogP contribution in [0.4, 0.5) is 5.69 Å². The molecule has 0 spiro atoms. The monoisotopic (exact) mass is 1130 g/mol. The lowest BCUT2D eigenvalue weighted by molar-refractivity contribution is -0.0801. The molecule has 1 unspecified atom stereocenters. The van der Waals surface area contributed by atoms with Gasteiger partial charge in [-0.3, -0.25) is 19.6 Å². The Morgan fingerprint density at radius 2 is 0.963 bits per heavy atom. The summed E-state index contributed by atoms with van der Waals surface area (Å²) in [6, 6.07) is 40.0. The molecule has 18 heteroatoms. The van der Waals surface area contributed by atoms with Crippen molar-refractivity contribution >= 4 is 33.9 Å². The van der Waals surface area contributed by atoms with E-state index >= 15 is 0 Å². The minimum atomic E-state index is -3.76. The van der Waals surface area contributed by atoms with Crippen molar-refractivity contribution in [2.45, 2.75) is 37.2 Å². The summed E-state index contributed by atoms with van der Waals surface area (Å²) < 4.78 is 89.4. The van der Waals surface area contributed by atoms with E-state index in [1.54, 1.807) is 36.4 Å². The van der Waals surface area contributed by atoms with Gasteiger partial charge in [0.2, 0.25) is 0 Å². The fourth-order valence-corrected chi connectivity index (χ4v) is 8.79. The second-order valence-electron chi connectivity index (χ2n) is 18.2. The van der Waals surface area contributed by atoms with Crippen LogP contribution in [0.25, 0.3) is 18.2 Å². The Kier molecular flexibility index (Phi) is 29.9. The van der Waals surface area contributed by atoms with Crippen molar-refractivity contribution in [2.24, 2.45) is 0 Å². The average Bonchev–Trinajstić information content (AvgIpc) is 3.51. The molecule has 2 aliphatic heterocycles. The molecule has 434 valence electrons. The molecule has 1 atom stereocenters. The fourth-order valence-electron chi connectivity index (χ4n) is 7.74. The molecule has 0 saturated carbocycles. The molecule has 0 radical (unpaired) electrons. The van der Waals surface area contributed by atoms with E-state index < -0.39 is 10.0 Å². The van der Waals surface area contributed by atoms with Crippen LogP contribution in [-0.4, -0.2) is 148 Å². The van der Waals surface area contributed by atoms with Crippen LogP contribution in [0, 0.1) is 0 Å². The number of aromatic nitrogens is 2. The van der Waals surface area contributed by atoms with Gasteiger partial charge in [0.15, 0.2) is 11.5 Å². The highest BCUT2D eigenvalue weighted by molar-refractivity contribution is 7.92. The Bertz CT molecular complexity index is 2720. The quantitative estimate of drug-likeness (QED) is 0.0968. The third kappa shape index (κ3) is 25.8. The van der Waals surface area contributed by atoms with E-state index in [1.807, 2.05) is 73.1 Å². The van der Waals surface area contributed by atoms with Crippen molar-refractivity contribution in [3.8, 4) is 11.5 Å². The number of benzene rings is 4. The second kappa shape index (κ2) is 38.1. The van der Waals surface area contributed by atoms with E-state index in [1.165, 1.54) is 17.7 Å². The van der Waals surface area contributed by atoms with Gasteiger partial charge in [-0.25, -0.2) is 8.42 Å². The maximum atomic E-state index is 12.7. The molecule has 81 heavy (non-hydrogen) atoms. The van der Waals surface area contributed by atoms with Gasteiger partial charge in [0.05, 0.1) is 134 Å². The lowest BCUT2D eigenvalue weighted by Crippen LogP contribution is -2.28. The SMILES string of the molecule is C=Cc1ccc(CN(Cc2ccccn2)Cc2ccccn2)cc1.C=Cc1ccc(COCC2COCCOCCOCCOCCO2)cc1.C=Cc1ccc(S(=O)(=O)Nc2ccc3c(c2)OCCOCCOCCOCCO3)cc1. The average molecular weight is 1130 g/mol. The van der Waals surface area contributed by atoms with Crippen LogP contribution in [0.5, 0.6) is 11.5 Å². The van der Waals surface area contributed by atoms with E-state index in [2.05, 4.69) is 75.7 Å². The molecular formula is C63H78N4O13S. The molecule has 2 aliphatic rings. The van der Waals surface area contributed by atoms with Gasteiger partial charge in [0.25, 0.3) is 10.0 Å². The Labute approximate surface area is 478 Å². The molecule has 1 fully saturated rings. The number of ether oxygens (including phenoxy) is 11. The van der Waals surface area contributed by atoms with Gasteiger partial charge in [-0.2, -0.15) is 0 Å². The van der Waals surface area contributed by atoms with Crippen LogP contribution in [0.2, 0.25) is 0 Å². The Morgan fingerprint density at radius 3 is 1.46 bits per heavy atom. The summed E-state index contributed by atoms with van der Waals surface area (Å²) in [5, 5.41) is 0. The third-order valence-electron chi connectivity index (χ3n) is 12.0. The molecule has 6 aromatic rings. The van der Waals surface area contributed by atoms with Crippen LogP contribution < -0.4 is 14.2 Å². The van der Waals surface area contributed by atoms with Gasteiger partial charge < -0.3 is 52.1 Å². The van der Waals surface area contributed by atoms with Gasteiger partial charge in [0.1, 0.15) is 19.3 Å². The Balaban J connectivity index is 0.000000197. The molecular weight excluding hydrogens is 1050 g/mol. The first-order chi connectivity index (χ1) is 39.8. The number of anilines is 1. The highest BCUT2D eigenvalue weighted by atomic mass is 32.2. The highest BCUT2D eigenvalue weighted by Gasteiger charge is 2.17. The molecule has 2 aromatic heterocycles. The molecule has 1 N–H and O–H groups in total. The minimum absolute atomic E-state index is 0.132. The second-order valence-corrected chi connectivity index (χ2v) is 19.9. The molecule has 4 aromatic carbocycles. The normalized spacial score (nSPS) is 16.4. The Hall–Kier alpha value is -6.65. The zero-order valence-electron chi connectivity index (χ0n) is 46.3. The predicted molar refractivity (Wildman–Crippen MR) is 314 cm³/mol. The van der Waals surface area contributed by atoms with Gasteiger partial charge in [-0.15, -0.1) is 0 Å². The molecule has 8 rings (SSSR count). The first kappa shape index (κ1) is 63.5. The number of sulfonamides is 1. The maximum Gasteiger partial charge on any atom is 0.261 e. The summed E-state index contributed by atoms with van der Waals surface area (Å²) in [4.78, 5) is 11.4. The standard InChI is InChI=1S/C22H27NO7S.C21H21N3.C20H30O6/c1-2-18-3-6-20(7-4-18)31(24,25)23-19-5-8-21-22(17-19)30-16-14-28-12-10-26-9-11-27-13-15-29-21;1-2-18-9-11-19(12-10-18)15-24(16-20-7-3-5-13-22-20)17-21-8-4-6-14-23-21;1-2-18-3-5-19(6-4-18)15-25-17-20-16-24-12-11-22-8-7-21-9-10-23-13-14-26-20/h2-8,17,23H,1,9-16H2;2-14H,1,15-17H2;2-6,20H,1,7-17H2. The summed E-state index contributed by atoms with van der Waals surface area (Å²) in [7, 11) is -3.76. The highest BCUT2D eigenvalue weighted by Crippen LogP contribution is 2.32. The van der Waals surface area contributed by atoms with Crippen LogP contribution in [-0.2, 0) is 78.9 Å². The summed E-state index contributed by atoms with van der Waals surface area (Å²) in [5.41, 5.74) is 7.95. The van der Waals surface area contributed by atoms with Crippen LogP contribution >= 0.6 is 0 Å². The van der Waals surface area contributed by atoms with Crippen LogP contribution in [0.15, 0.2) is 164 Å². The summed E-state index contributed by atoms with van der Waals surface area (Å²) in [6.07, 6.45) is 8.89.